The Morgan fingerprint density at radius 3 is 2.28 bits per heavy atom. The maximum absolute atomic E-state index is 11.8. The van der Waals surface area contributed by atoms with Crippen molar-refractivity contribution in [2.24, 2.45) is 0 Å². The van der Waals surface area contributed by atoms with Gasteiger partial charge in [0.1, 0.15) is 31.0 Å². The topological polar surface area (TPSA) is 86.2 Å². The molecule has 170 valence electrons. The summed E-state index contributed by atoms with van der Waals surface area (Å²) >= 11 is 0. The molecule has 5 atom stereocenters. The molecule has 0 aromatic heterocycles. The minimum Gasteiger partial charge on any atom is -0.388 e. The van der Waals surface area contributed by atoms with E-state index >= 15 is 0 Å². The van der Waals surface area contributed by atoms with Crippen molar-refractivity contribution < 1.29 is 28.8 Å². The number of amides is 1. The molecule has 2 N–H and O–H groups in total. The molecule has 0 bridgehead atoms. The number of hydrogen-bond donors (Lipinski definition) is 2. The van der Waals surface area contributed by atoms with Gasteiger partial charge in [-0.1, -0.05) is 66.6 Å². The first kappa shape index (κ1) is 23.9. The Bertz CT molecular complexity index is 869. The third kappa shape index (κ3) is 6.89. The molecule has 32 heavy (non-hydrogen) atoms. The maximum atomic E-state index is 11.8. The van der Waals surface area contributed by atoms with Crippen LogP contribution in [0.5, 0.6) is 0 Å². The van der Waals surface area contributed by atoms with Crippen molar-refractivity contribution in [2.75, 3.05) is 13.2 Å². The van der Waals surface area contributed by atoms with Crippen LogP contribution in [0.3, 0.4) is 0 Å². The zero-order valence-electron chi connectivity index (χ0n) is 18.1. The number of carbonyl (C=O) groups is 1. The van der Waals surface area contributed by atoms with Crippen LogP contribution < -0.4 is 5.32 Å². The first-order valence-electron chi connectivity index (χ1n) is 10.5. The first-order chi connectivity index (χ1) is 15.6. The van der Waals surface area contributed by atoms with E-state index in [1.54, 1.807) is 0 Å². The molecule has 1 fully saturated rings. The minimum atomic E-state index is -1.08. The van der Waals surface area contributed by atoms with Crippen LogP contribution in [0, 0.1) is 12.3 Å². The summed E-state index contributed by atoms with van der Waals surface area (Å²) in [7, 11) is 0. The van der Waals surface area contributed by atoms with Gasteiger partial charge in [-0.05, 0) is 11.1 Å². The van der Waals surface area contributed by atoms with E-state index in [4.69, 9.17) is 25.4 Å². The number of aliphatic hydroxyl groups is 1. The van der Waals surface area contributed by atoms with E-state index in [0.717, 1.165) is 11.1 Å². The smallest absolute Gasteiger partial charge is 0.217 e. The Balaban J connectivity index is 1.71. The van der Waals surface area contributed by atoms with E-state index in [2.05, 4.69) is 11.2 Å². The van der Waals surface area contributed by atoms with E-state index in [0.29, 0.717) is 6.61 Å². The van der Waals surface area contributed by atoms with Crippen molar-refractivity contribution in [1.82, 2.24) is 5.32 Å². The molecule has 7 heteroatoms. The number of terminal acetylenes is 1. The number of carbonyl (C=O) groups excluding carboxylic acids is 1. The molecule has 0 spiro atoms. The highest BCUT2D eigenvalue weighted by atomic mass is 16.7. The zero-order chi connectivity index (χ0) is 22.8. The van der Waals surface area contributed by atoms with E-state index in [1.165, 1.54) is 6.92 Å². The average Bonchev–Trinajstić information content (AvgIpc) is 2.80. The standard InChI is InChI=1S/C25H29NO6/c1-3-14-30-24-22(26-18(2)27)25(31-16-20-12-8-5-9-13-20)32-21(23(24)28)17-29-15-19-10-6-4-7-11-19/h1,4-13,21-25,28H,14-17H2,2H3,(H,26,27)/t21-,22-,23+,24-,25-/m1/s1. The number of rotatable bonds is 10. The Morgan fingerprint density at radius 2 is 1.69 bits per heavy atom. The summed E-state index contributed by atoms with van der Waals surface area (Å²) in [6.45, 7) is 2.10. The fraction of sp³-hybridized carbons (Fsp3) is 0.400. The van der Waals surface area contributed by atoms with E-state index in [-0.39, 0.29) is 25.7 Å². The molecule has 0 saturated carbocycles. The largest absolute Gasteiger partial charge is 0.388 e. The Kier molecular flexibility index (Phi) is 9.23. The highest BCUT2D eigenvalue weighted by molar-refractivity contribution is 5.73. The van der Waals surface area contributed by atoms with Gasteiger partial charge < -0.3 is 29.4 Å². The van der Waals surface area contributed by atoms with E-state index in [9.17, 15) is 9.90 Å². The molecule has 3 rings (SSSR count). The van der Waals surface area contributed by atoms with Crippen molar-refractivity contribution in [2.45, 2.75) is 50.8 Å². The zero-order valence-corrected chi connectivity index (χ0v) is 18.1. The number of nitrogens with one attached hydrogen (secondary N) is 1. The molecular formula is C25H29NO6. The van der Waals surface area contributed by atoms with Gasteiger partial charge in [0.05, 0.1) is 19.8 Å². The van der Waals surface area contributed by atoms with Gasteiger partial charge in [-0.3, -0.25) is 4.79 Å². The lowest BCUT2D eigenvalue weighted by Gasteiger charge is -2.44. The molecule has 1 aliphatic heterocycles. The predicted molar refractivity (Wildman–Crippen MR) is 118 cm³/mol. The molecule has 1 aliphatic rings. The number of aliphatic hydroxyl groups excluding tert-OH is 1. The van der Waals surface area contributed by atoms with Crippen LogP contribution in [0.1, 0.15) is 18.1 Å². The summed E-state index contributed by atoms with van der Waals surface area (Å²) < 4.78 is 23.5. The van der Waals surface area contributed by atoms with Crippen molar-refractivity contribution in [3.8, 4) is 12.3 Å². The number of ether oxygens (including phenoxy) is 4. The van der Waals surface area contributed by atoms with Crippen LogP contribution in [0.15, 0.2) is 60.7 Å². The summed E-state index contributed by atoms with van der Waals surface area (Å²) in [5.74, 6) is 2.10. The predicted octanol–water partition coefficient (Wildman–Crippen LogP) is 2.03. The van der Waals surface area contributed by atoms with Crippen LogP contribution in [0.4, 0.5) is 0 Å². The summed E-state index contributed by atoms with van der Waals surface area (Å²) in [6.07, 6.45) is 1.86. The quantitative estimate of drug-likeness (QED) is 0.551. The summed E-state index contributed by atoms with van der Waals surface area (Å²) in [6, 6.07) is 18.6. The van der Waals surface area contributed by atoms with E-state index < -0.39 is 30.6 Å². The second-order valence-corrected chi connectivity index (χ2v) is 7.54. The van der Waals surface area contributed by atoms with Gasteiger partial charge in [0.15, 0.2) is 6.29 Å². The monoisotopic (exact) mass is 439 g/mol. The first-order valence-corrected chi connectivity index (χ1v) is 10.5. The van der Waals surface area contributed by atoms with Gasteiger partial charge >= 0.3 is 0 Å². The van der Waals surface area contributed by atoms with Crippen molar-refractivity contribution in [3.05, 3.63) is 71.8 Å². The molecule has 0 radical (unpaired) electrons. The summed E-state index contributed by atoms with van der Waals surface area (Å²) in [5.41, 5.74) is 1.95. The van der Waals surface area contributed by atoms with Crippen molar-refractivity contribution >= 4 is 5.91 Å². The van der Waals surface area contributed by atoms with Gasteiger partial charge in [0.25, 0.3) is 0 Å². The summed E-state index contributed by atoms with van der Waals surface area (Å²) in [5, 5.41) is 13.7. The average molecular weight is 440 g/mol. The fourth-order valence-corrected chi connectivity index (χ4v) is 3.55. The molecule has 7 nitrogen and oxygen atoms in total. The normalized spacial score (nSPS) is 25.1. The van der Waals surface area contributed by atoms with E-state index in [1.807, 2.05) is 60.7 Å². The molecule has 0 unspecified atom stereocenters. The lowest BCUT2D eigenvalue weighted by atomic mass is 9.96. The Morgan fingerprint density at radius 1 is 1.06 bits per heavy atom. The fourth-order valence-electron chi connectivity index (χ4n) is 3.55. The van der Waals surface area contributed by atoms with Crippen molar-refractivity contribution in [3.63, 3.8) is 0 Å². The van der Waals surface area contributed by atoms with Crippen LogP contribution >= 0.6 is 0 Å². The molecule has 2 aromatic rings. The van der Waals surface area contributed by atoms with Crippen LogP contribution in [0.25, 0.3) is 0 Å². The van der Waals surface area contributed by atoms with Crippen LogP contribution in [-0.2, 0) is 37.0 Å². The highest BCUT2D eigenvalue weighted by Gasteiger charge is 2.47. The highest BCUT2D eigenvalue weighted by Crippen LogP contribution is 2.26. The molecule has 1 amide bonds. The summed E-state index contributed by atoms with van der Waals surface area (Å²) in [4.78, 5) is 11.8. The number of hydrogen-bond acceptors (Lipinski definition) is 6. The van der Waals surface area contributed by atoms with Crippen LogP contribution in [0.2, 0.25) is 0 Å². The second-order valence-electron chi connectivity index (χ2n) is 7.54. The van der Waals surface area contributed by atoms with Gasteiger partial charge in [0, 0.05) is 6.92 Å². The Hall–Kier alpha value is -2.73. The Labute approximate surface area is 188 Å². The van der Waals surface area contributed by atoms with Gasteiger partial charge in [-0.15, -0.1) is 6.42 Å². The maximum Gasteiger partial charge on any atom is 0.217 e. The number of benzene rings is 2. The lowest BCUT2D eigenvalue weighted by Crippen LogP contribution is -2.65. The van der Waals surface area contributed by atoms with Gasteiger partial charge in [-0.25, -0.2) is 0 Å². The van der Waals surface area contributed by atoms with Gasteiger partial charge in [-0.2, -0.15) is 0 Å². The third-order valence-electron chi connectivity index (χ3n) is 5.05. The lowest BCUT2D eigenvalue weighted by molar-refractivity contribution is -0.281. The third-order valence-corrected chi connectivity index (χ3v) is 5.05. The van der Waals surface area contributed by atoms with Crippen LogP contribution in [-0.4, -0.2) is 54.9 Å². The molecular weight excluding hydrogens is 410 g/mol. The second kappa shape index (κ2) is 12.3. The molecule has 0 aliphatic carbocycles. The molecule has 1 heterocycles. The SMILES string of the molecule is C#CCO[C@H]1[C@@H](O)[C@@H](COCc2ccccc2)O[C@@H](OCc2ccccc2)[C@@H]1NC(C)=O. The molecule has 1 saturated heterocycles. The minimum absolute atomic E-state index is 0.0270. The van der Waals surface area contributed by atoms with Crippen molar-refractivity contribution in [1.29, 1.82) is 0 Å². The van der Waals surface area contributed by atoms with Gasteiger partial charge in [0.2, 0.25) is 5.91 Å². The molecule has 2 aromatic carbocycles.